The number of hydrogen-bond acceptors (Lipinski definition) is 3. The number of amides is 1. The zero-order valence-electron chi connectivity index (χ0n) is 12.5. The third-order valence-corrected chi connectivity index (χ3v) is 4.74. The van der Waals surface area contributed by atoms with Gasteiger partial charge < -0.3 is 15.5 Å². The maximum absolute atomic E-state index is 12.3. The number of carbonyl (C=O) groups excluding carboxylic acids is 1. The third-order valence-electron chi connectivity index (χ3n) is 4.74. The lowest BCUT2D eigenvalue weighted by atomic mass is 9.83. The van der Waals surface area contributed by atoms with Crippen molar-refractivity contribution in [1.29, 1.82) is 0 Å². The quantitative estimate of drug-likeness (QED) is 0.842. The van der Waals surface area contributed by atoms with E-state index in [1.165, 1.54) is 19.3 Å². The van der Waals surface area contributed by atoms with Gasteiger partial charge in [0.15, 0.2) is 0 Å². The molecule has 2 N–H and O–H groups in total. The van der Waals surface area contributed by atoms with E-state index >= 15 is 0 Å². The van der Waals surface area contributed by atoms with Crippen molar-refractivity contribution in [2.75, 3.05) is 26.7 Å². The summed E-state index contributed by atoms with van der Waals surface area (Å²) < 4.78 is 0. The molecule has 1 aliphatic heterocycles. The van der Waals surface area contributed by atoms with E-state index in [2.05, 4.69) is 23.8 Å². The lowest BCUT2D eigenvalue weighted by Crippen LogP contribution is -2.52. The minimum Gasteiger partial charge on any atom is -0.337 e. The first kappa shape index (κ1) is 14.8. The summed E-state index contributed by atoms with van der Waals surface area (Å²) in [5, 5.41) is 0. The molecule has 1 aliphatic carbocycles. The number of nitrogens with zero attached hydrogens (tertiary/aromatic N) is 2. The van der Waals surface area contributed by atoms with E-state index in [1.807, 2.05) is 0 Å². The molecule has 4 nitrogen and oxygen atoms in total. The summed E-state index contributed by atoms with van der Waals surface area (Å²) in [6, 6.07) is 0.733. The van der Waals surface area contributed by atoms with Gasteiger partial charge in [0.2, 0.25) is 5.91 Å². The highest BCUT2D eigenvalue weighted by molar-refractivity contribution is 5.76. The van der Waals surface area contributed by atoms with Crippen LogP contribution in [-0.2, 0) is 4.79 Å². The standard InChI is InChI=1S/C15H29N3O/c1-12-11-17(2)8-9-18(12)15(19)7-6-13-4-3-5-14(16)10-13/h12-14H,3-11,16H2,1-2H3. The average Bonchev–Trinajstić information content (AvgIpc) is 2.36. The van der Waals surface area contributed by atoms with Crippen LogP contribution in [0.4, 0.5) is 0 Å². The molecule has 1 saturated carbocycles. The fraction of sp³-hybridized carbons (Fsp3) is 0.933. The first-order valence-electron chi connectivity index (χ1n) is 7.80. The molecule has 0 radical (unpaired) electrons. The molecule has 0 aromatic heterocycles. The van der Waals surface area contributed by atoms with Gasteiger partial charge in [-0.25, -0.2) is 0 Å². The molecule has 19 heavy (non-hydrogen) atoms. The number of rotatable bonds is 3. The lowest BCUT2D eigenvalue weighted by molar-refractivity contribution is -0.135. The molecule has 0 spiro atoms. The molecular weight excluding hydrogens is 238 g/mol. The van der Waals surface area contributed by atoms with Gasteiger partial charge >= 0.3 is 0 Å². The van der Waals surface area contributed by atoms with Gasteiger partial charge in [0.25, 0.3) is 0 Å². The first-order valence-corrected chi connectivity index (χ1v) is 7.80. The number of carbonyl (C=O) groups is 1. The van der Waals surface area contributed by atoms with Crippen molar-refractivity contribution in [3.05, 3.63) is 0 Å². The Morgan fingerprint density at radius 1 is 1.32 bits per heavy atom. The Bertz CT molecular complexity index is 308. The summed E-state index contributed by atoms with van der Waals surface area (Å²) in [5.41, 5.74) is 6.01. The van der Waals surface area contributed by atoms with Crippen LogP contribution in [0.2, 0.25) is 0 Å². The zero-order chi connectivity index (χ0) is 13.8. The lowest BCUT2D eigenvalue weighted by Gasteiger charge is -2.38. The van der Waals surface area contributed by atoms with Crippen LogP contribution >= 0.6 is 0 Å². The molecule has 3 atom stereocenters. The van der Waals surface area contributed by atoms with Crippen LogP contribution in [0.15, 0.2) is 0 Å². The number of hydrogen-bond donors (Lipinski definition) is 1. The van der Waals surface area contributed by atoms with Gasteiger partial charge in [-0.1, -0.05) is 12.8 Å². The highest BCUT2D eigenvalue weighted by Crippen LogP contribution is 2.27. The van der Waals surface area contributed by atoms with Crippen molar-refractivity contribution in [1.82, 2.24) is 9.80 Å². The Morgan fingerprint density at radius 2 is 2.11 bits per heavy atom. The Hall–Kier alpha value is -0.610. The summed E-state index contributed by atoms with van der Waals surface area (Å²) in [7, 11) is 2.13. The molecular formula is C15H29N3O. The van der Waals surface area contributed by atoms with Crippen molar-refractivity contribution in [3.8, 4) is 0 Å². The van der Waals surface area contributed by atoms with E-state index in [-0.39, 0.29) is 0 Å². The van der Waals surface area contributed by atoms with Gasteiger partial charge in [-0.15, -0.1) is 0 Å². The van der Waals surface area contributed by atoms with E-state index in [0.717, 1.165) is 32.5 Å². The predicted octanol–water partition coefficient (Wildman–Crippen LogP) is 1.45. The normalized spacial score (nSPS) is 33.4. The molecule has 0 aromatic carbocycles. The first-order chi connectivity index (χ1) is 9.06. The topological polar surface area (TPSA) is 49.6 Å². The second kappa shape index (κ2) is 6.71. The highest BCUT2D eigenvalue weighted by Gasteiger charge is 2.26. The summed E-state index contributed by atoms with van der Waals surface area (Å²) in [6.45, 7) is 5.05. The van der Waals surface area contributed by atoms with Crippen LogP contribution in [0.25, 0.3) is 0 Å². The Morgan fingerprint density at radius 3 is 2.79 bits per heavy atom. The largest absolute Gasteiger partial charge is 0.337 e. The van der Waals surface area contributed by atoms with Crippen molar-refractivity contribution in [3.63, 3.8) is 0 Å². The molecule has 1 amide bonds. The molecule has 1 heterocycles. The summed E-state index contributed by atoms with van der Waals surface area (Å²) in [6.07, 6.45) is 6.53. The predicted molar refractivity (Wildman–Crippen MR) is 77.8 cm³/mol. The van der Waals surface area contributed by atoms with Crippen molar-refractivity contribution < 1.29 is 4.79 Å². The van der Waals surface area contributed by atoms with Crippen LogP contribution in [0.3, 0.4) is 0 Å². The Labute approximate surface area is 117 Å². The minimum atomic E-state index is 0.347. The van der Waals surface area contributed by atoms with Crippen LogP contribution < -0.4 is 5.73 Å². The highest BCUT2D eigenvalue weighted by atomic mass is 16.2. The molecule has 110 valence electrons. The summed E-state index contributed by atoms with van der Waals surface area (Å²) in [4.78, 5) is 16.7. The zero-order valence-corrected chi connectivity index (χ0v) is 12.5. The summed E-state index contributed by atoms with van der Waals surface area (Å²) >= 11 is 0. The van der Waals surface area contributed by atoms with Crippen molar-refractivity contribution in [2.45, 2.75) is 57.5 Å². The fourth-order valence-corrected chi connectivity index (χ4v) is 3.58. The number of piperazine rings is 1. The maximum atomic E-state index is 12.3. The van der Waals surface area contributed by atoms with Gasteiger partial charge in [0, 0.05) is 38.1 Å². The van der Waals surface area contributed by atoms with Gasteiger partial charge in [0.1, 0.15) is 0 Å². The van der Waals surface area contributed by atoms with E-state index in [4.69, 9.17) is 5.73 Å². The minimum absolute atomic E-state index is 0.347. The molecule has 2 aliphatic rings. The molecule has 4 heteroatoms. The smallest absolute Gasteiger partial charge is 0.222 e. The molecule has 0 bridgehead atoms. The number of likely N-dealkylation sites (N-methyl/N-ethyl adjacent to an activating group) is 1. The maximum Gasteiger partial charge on any atom is 0.222 e. The molecule has 2 fully saturated rings. The monoisotopic (exact) mass is 267 g/mol. The second-order valence-electron chi connectivity index (χ2n) is 6.53. The van der Waals surface area contributed by atoms with E-state index in [1.54, 1.807) is 0 Å². The Balaban J connectivity index is 1.74. The van der Waals surface area contributed by atoms with Crippen LogP contribution in [0.5, 0.6) is 0 Å². The number of nitrogens with two attached hydrogens (primary N) is 1. The van der Waals surface area contributed by atoms with Crippen LogP contribution in [-0.4, -0.2) is 54.5 Å². The second-order valence-corrected chi connectivity index (χ2v) is 6.53. The molecule has 2 rings (SSSR count). The van der Waals surface area contributed by atoms with Gasteiger partial charge in [-0.3, -0.25) is 4.79 Å². The molecule has 1 saturated heterocycles. The van der Waals surface area contributed by atoms with E-state index < -0.39 is 0 Å². The van der Waals surface area contributed by atoms with Gasteiger partial charge in [-0.05, 0) is 39.2 Å². The SMILES string of the molecule is CC1CN(C)CCN1C(=O)CCC1CCCC(N)C1. The van der Waals surface area contributed by atoms with E-state index in [9.17, 15) is 4.79 Å². The fourth-order valence-electron chi connectivity index (χ4n) is 3.58. The molecule has 3 unspecified atom stereocenters. The molecule has 0 aromatic rings. The average molecular weight is 267 g/mol. The van der Waals surface area contributed by atoms with Crippen molar-refractivity contribution >= 4 is 5.91 Å². The van der Waals surface area contributed by atoms with E-state index in [0.29, 0.717) is 30.3 Å². The van der Waals surface area contributed by atoms with Gasteiger partial charge in [-0.2, -0.15) is 0 Å². The van der Waals surface area contributed by atoms with Crippen LogP contribution in [0.1, 0.15) is 45.4 Å². The Kier molecular flexibility index (Phi) is 5.22. The van der Waals surface area contributed by atoms with Gasteiger partial charge in [0.05, 0.1) is 0 Å². The summed E-state index contributed by atoms with van der Waals surface area (Å²) in [5.74, 6) is 1.02. The van der Waals surface area contributed by atoms with Crippen molar-refractivity contribution in [2.24, 2.45) is 11.7 Å². The third kappa shape index (κ3) is 4.18. The van der Waals surface area contributed by atoms with Crippen LogP contribution in [0, 0.1) is 5.92 Å².